The number of hydrogen-bond acceptors (Lipinski definition) is 4. The molecule has 1 aromatic heterocycles. The van der Waals surface area contributed by atoms with E-state index in [4.69, 9.17) is 0 Å². The Labute approximate surface area is 180 Å². The Morgan fingerprint density at radius 3 is 2.39 bits per heavy atom. The molecule has 0 radical (unpaired) electrons. The van der Waals surface area contributed by atoms with Crippen LogP contribution >= 0.6 is 24.8 Å². The van der Waals surface area contributed by atoms with Crippen molar-refractivity contribution in [2.24, 2.45) is 5.92 Å². The Kier molecular flexibility index (Phi) is 10.3. The summed E-state index contributed by atoms with van der Waals surface area (Å²) in [4.78, 5) is 21.2. The first-order valence-corrected chi connectivity index (χ1v) is 9.37. The molecule has 1 aliphatic heterocycles. The van der Waals surface area contributed by atoms with Gasteiger partial charge in [-0.3, -0.25) is 4.79 Å². The topological polar surface area (TPSA) is 48.5 Å². The number of anilines is 2. The van der Waals surface area contributed by atoms with Crippen LogP contribution in [0.4, 0.5) is 11.5 Å². The number of amides is 1. The minimum Gasteiger partial charge on any atom is -0.339 e. The van der Waals surface area contributed by atoms with Crippen LogP contribution in [0.15, 0.2) is 48.7 Å². The normalized spacial score (nSPS) is 14.0. The van der Waals surface area contributed by atoms with Crippen molar-refractivity contribution in [2.45, 2.75) is 19.3 Å². The summed E-state index contributed by atoms with van der Waals surface area (Å²) >= 11 is 0. The molecule has 154 valence electrons. The SMILES string of the molecule is CNCCC1CCN(C(=O)c2ccc(N(C)c3ccccc3)nc2)CC1.Cl.Cl. The third-order valence-corrected chi connectivity index (χ3v) is 5.19. The van der Waals surface area contributed by atoms with E-state index in [0.29, 0.717) is 5.56 Å². The number of likely N-dealkylation sites (tertiary alicyclic amines) is 1. The van der Waals surface area contributed by atoms with E-state index in [1.807, 2.05) is 66.4 Å². The first kappa shape index (κ1) is 24.2. The summed E-state index contributed by atoms with van der Waals surface area (Å²) < 4.78 is 0. The first-order valence-electron chi connectivity index (χ1n) is 9.37. The van der Waals surface area contributed by atoms with E-state index in [1.54, 1.807) is 6.20 Å². The number of carbonyl (C=O) groups excluding carboxylic acids is 1. The Morgan fingerprint density at radius 1 is 1.14 bits per heavy atom. The van der Waals surface area contributed by atoms with Gasteiger partial charge in [0.15, 0.2) is 0 Å². The number of aromatic nitrogens is 1. The maximum absolute atomic E-state index is 12.7. The highest BCUT2D eigenvalue weighted by atomic mass is 35.5. The predicted molar refractivity (Wildman–Crippen MR) is 120 cm³/mol. The number of hydrogen-bond donors (Lipinski definition) is 1. The minimum atomic E-state index is 0. The van der Waals surface area contributed by atoms with E-state index in [9.17, 15) is 4.79 Å². The van der Waals surface area contributed by atoms with E-state index >= 15 is 0 Å². The summed E-state index contributed by atoms with van der Waals surface area (Å²) in [5.74, 6) is 1.66. The molecule has 7 heteroatoms. The number of nitrogens with one attached hydrogen (secondary N) is 1. The number of para-hydroxylation sites is 1. The summed E-state index contributed by atoms with van der Waals surface area (Å²) in [7, 11) is 3.97. The third kappa shape index (κ3) is 6.09. The highest BCUT2D eigenvalue weighted by molar-refractivity contribution is 5.94. The van der Waals surface area contributed by atoms with Crippen LogP contribution in [0, 0.1) is 5.92 Å². The molecule has 0 saturated carbocycles. The summed E-state index contributed by atoms with van der Waals surface area (Å²) in [6.45, 7) is 2.75. The molecule has 0 atom stereocenters. The van der Waals surface area contributed by atoms with Crippen molar-refractivity contribution in [3.63, 3.8) is 0 Å². The molecule has 0 aliphatic carbocycles. The number of halogens is 2. The van der Waals surface area contributed by atoms with E-state index < -0.39 is 0 Å². The molecule has 1 aromatic carbocycles. The zero-order chi connectivity index (χ0) is 18.4. The number of piperidine rings is 1. The van der Waals surface area contributed by atoms with Gasteiger partial charge in [-0.1, -0.05) is 18.2 Å². The van der Waals surface area contributed by atoms with Crippen LogP contribution in [0.25, 0.3) is 0 Å². The lowest BCUT2D eigenvalue weighted by molar-refractivity contribution is 0.0686. The van der Waals surface area contributed by atoms with Gasteiger partial charge in [0, 0.05) is 32.0 Å². The van der Waals surface area contributed by atoms with Crippen LogP contribution in [0.3, 0.4) is 0 Å². The first-order chi connectivity index (χ1) is 12.7. The smallest absolute Gasteiger partial charge is 0.255 e. The van der Waals surface area contributed by atoms with Gasteiger partial charge in [-0.25, -0.2) is 4.98 Å². The second-order valence-electron chi connectivity index (χ2n) is 6.93. The van der Waals surface area contributed by atoms with Crippen LogP contribution in [0.2, 0.25) is 0 Å². The van der Waals surface area contributed by atoms with Gasteiger partial charge in [0.1, 0.15) is 5.82 Å². The van der Waals surface area contributed by atoms with Gasteiger partial charge < -0.3 is 15.1 Å². The van der Waals surface area contributed by atoms with Crippen molar-refractivity contribution in [3.05, 3.63) is 54.2 Å². The molecular weight excluding hydrogens is 395 g/mol. The molecule has 1 saturated heterocycles. The lowest BCUT2D eigenvalue weighted by atomic mass is 9.93. The van der Waals surface area contributed by atoms with E-state index in [1.165, 1.54) is 6.42 Å². The van der Waals surface area contributed by atoms with Crippen LogP contribution in [0.1, 0.15) is 29.6 Å². The Morgan fingerprint density at radius 2 is 1.82 bits per heavy atom. The molecule has 3 rings (SSSR count). The Hall–Kier alpha value is -1.82. The highest BCUT2D eigenvalue weighted by Crippen LogP contribution is 2.23. The maximum atomic E-state index is 12.7. The van der Waals surface area contributed by atoms with Gasteiger partial charge in [-0.05, 0) is 63.0 Å². The average molecular weight is 425 g/mol. The molecule has 1 aliphatic rings. The number of benzene rings is 1. The van der Waals surface area contributed by atoms with Gasteiger partial charge in [0.05, 0.1) is 5.56 Å². The van der Waals surface area contributed by atoms with Gasteiger partial charge in [-0.15, -0.1) is 24.8 Å². The molecule has 28 heavy (non-hydrogen) atoms. The molecular formula is C21H30Cl2N4O. The standard InChI is InChI=1S/C21H28N4O.2ClH/c1-22-13-10-17-11-14-25(15-12-17)21(26)18-8-9-20(23-16-18)24(2)19-6-4-3-5-7-19;;/h3-9,16-17,22H,10-15H2,1-2H3;2*1H. The average Bonchev–Trinajstić information content (AvgIpc) is 2.72. The molecule has 2 aromatic rings. The minimum absolute atomic E-state index is 0. The Balaban J connectivity index is 0.00000196. The Bertz CT molecular complexity index is 704. The maximum Gasteiger partial charge on any atom is 0.255 e. The lowest BCUT2D eigenvalue weighted by Gasteiger charge is -2.32. The van der Waals surface area contributed by atoms with Gasteiger partial charge in [-0.2, -0.15) is 0 Å². The van der Waals surface area contributed by atoms with Crippen molar-refractivity contribution in [3.8, 4) is 0 Å². The fourth-order valence-electron chi connectivity index (χ4n) is 3.45. The van der Waals surface area contributed by atoms with Crippen molar-refractivity contribution < 1.29 is 4.79 Å². The molecule has 0 spiro atoms. The third-order valence-electron chi connectivity index (χ3n) is 5.19. The van der Waals surface area contributed by atoms with Crippen LogP contribution in [0.5, 0.6) is 0 Å². The molecule has 1 amide bonds. The molecule has 1 N–H and O–H groups in total. The lowest BCUT2D eigenvalue weighted by Crippen LogP contribution is -2.39. The fraction of sp³-hybridized carbons (Fsp3) is 0.429. The monoisotopic (exact) mass is 424 g/mol. The molecule has 5 nitrogen and oxygen atoms in total. The highest BCUT2D eigenvalue weighted by Gasteiger charge is 2.23. The largest absolute Gasteiger partial charge is 0.339 e. The van der Waals surface area contributed by atoms with Crippen molar-refractivity contribution in [1.29, 1.82) is 0 Å². The van der Waals surface area contributed by atoms with Crippen molar-refractivity contribution in [1.82, 2.24) is 15.2 Å². The second kappa shape index (κ2) is 11.9. The number of rotatable bonds is 6. The van der Waals surface area contributed by atoms with Gasteiger partial charge in [0.25, 0.3) is 5.91 Å². The summed E-state index contributed by atoms with van der Waals surface area (Å²) in [5, 5.41) is 3.21. The van der Waals surface area contributed by atoms with Crippen LogP contribution < -0.4 is 10.2 Å². The zero-order valence-corrected chi connectivity index (χ0v) is 18.1. The van der Waals surface area contributed by atoms with Crippen molar-refractivity contribution >= 4 is 42.2 Å². The fourth-order valence-corrected chi connectivity index (χ4v) is 3.45. The van der Waals surface area contributed by atoms with Gasteiger partial charge >= 0.3 is 0 Å². The quantitative estimate of drug-likeness (QED) is 0.755. The van der Waals surface area contributed by atoms with E-state index in [-0.39, 0.29) is 30.7 Å². The van der Waals surface area contributed by atoms with Gasteiger partial charge in [0.2, 0.25) is 0 Å². The molecule has 0 unspecified atom stereocenters. The number of nitrogens with zero attached hydrogens (tertiary/aromatic N) is 3. The molecule has 2 heterocycles. The molecule has 0 bridgehead atoms. The zero-order valence-electron chi connectivity index (χ0n) is 16.5. The van der Waals surface area contributed by atoms with E-state index in [0.717, 1.165) is 49.9 Å². The number of carbonyl (C=O) groups is 1. The summed E-state index contributed by atoms with van der Waals surface area (Å²) in [6.07, 6.45) is 5.08. The number of pyridine rings is 1. The summed E-state index contributed by atoms with van der Waals surface area (Å²) in [5.41, 5.74) is 1.74. The predicted octanol–water partition coefficient (Wildman–Crippen LogP) is 4.15. The van der Waals surface area contributed by atoms with Crippen LogP contribution in [-0.2, 0) is 0 Å². The summed E-state index contributed by atoms with van der Waals surface area (Å²) in [6, 6.07) is 13.9. The molecule has 1 fully saturated rings. The van der Waals surface area contributed by atoms with Crippen LogP contribution in [-0.4, -0.2) is 49.5 Å². The van der Waals surface area contributed by atoms with Crippen molar-refractivity contribution in [2.75, 3.05) is 38.6 Å². The van der Waals surface area contributed by atoms with E-state index in [2.05, 4.69) is 10.3 Å². The second-order valence-corrected chi connectivity index (χ2v) is 6.93.